The lowest BCUT2D eigenvalue weighted by Gasteiger charge is -2.29. The van der Waals surface area contributed by atoms with Gasteiger partial charge in [-0.1, -0.05) is 29.8 Å². The summed E-state index contributed by atoms with van der Waals surface area (Å²) >= 11 is 0. The zero-order chi connectivity index (χ0) is 18.9. The molecule has 0 unspecified atom stereocenters. The van der Waals surface area contributed by atoms with Gasteiger partial charge in [0, 0.05) is 32.7 Å². The van der Waals surface area contributed by atoms with Crippen molar-refractivity contribution in [1.29, 1.82) is 0 Å². The molecule has 0 radical (unpaired) electrons. The standard InChI is InChI=1S/C20H24N2O3S/c1-15-6-4-7-17(12-15)14-21(3)26(24,25)19-9-10-20-18(13-19)8-5-11-22(20)16(2)23/h4,6-7,9-10,12-13H,5,8,11,14H2,1-3H3. The van der Waals surface area contributed by atoms with E-state index in [2.05, 4.69) is 0 Å². The van der Waals surface area contributed by atoms with Crippen LogP contribution >= 0.6 is 0 Å². The number of sulfonamides is 1. The average Bonchev–Trinajstić information content (AvgIpc) is 2.60. The second-order valence-corrected chi connectivity index (χ2v) is 8.86. The van der Waals surface area contributed by atoms with Gasteiger partial charge in [-0.25, -0.2) is 8.42 Å². The first-order valence-corrected chi connectivity index (χ1v) is 10.2. The number of carbonyl (C=O) groups excluding carboxylic acids is 1. The molecule has 2 aromatic carbocycles. The van der Waals surface area contributed by atoms with Crippen molar-refractivity contribution in [1.82, 2.24) is 4.31 Å². The van der Waals surface area contributed by atoms with Crippen molar-refractivity contribution in [3.63, 3.8) is 0 Å². The van der Waals surface area contributed by atoms with E-state index in [9.17, 15) is 13.2 Å². The molecule has 2 aromatic rings. The maximum atomic E-state index is 13.0. The Kier molecular flexibility index (Phi) is 5.16. The second-order valence-electron chi connectivity index (χ2n) is 6.81. The molecule has 0 spiro atoms. The van der Waals surface area contributed by atoms with Gasteiger partial charge in [0.2, 0.25) is 15.9 Å². The van der Waals surface area contributed by atoms with E-state index in [0.717, 1.165) is 35.2 Å². The molecule has 5 nitrogen and oxygen atoms in total. The molecule has 6 heteroatoms. The van der Waals surface area contributed by atoms with Gasteiger partial charge in [-0.05, 0) is 49.1 Å². The third kappa shape index (κ3) is 3.66. The van der Waals surface area contributed by atoms with Gasteiger partial charge >= 0.3 is 0 Å². The molecule has 1 heterocycles. The second kappa shape index (κ2) is 7.21. The van der Waals surface area contributed by atoms with E-state index in [1.165, 1.54) is 11.2 Å². The number of hydrogen-bond acceptors (Lipinski definition) is 3. The van der Waals surface area contributed by atoms with E-state index in [4.69, 9.17) is 0 Å². The molecular weight excluding hydrogens is 348 g/mol. The summed E-state index contributed by atoms with van der Waals surface area (Å²) in [5.74, 6) is -0.0156. The van der Waals surface area contributed by atoms with Crippen molar-refractivity contribution in [2.45, 2.75) is 38.1 Å². The Bertz CT molecular complexity index is 938. The quantitative estimate of drug-likeness (QED) is 0.829. The van der Waals surface area contributed by atoms with Crippen LogP contribution in [0.2, 0.25) is 0 Å². The lowest BCUT2D eigenvalue weighted by Crippen LogP contribution is -2.34. The normalized spacial score (nSPS) is 14.4. The van der Waals surface area contributed by atoms with E-state index >= 15 is 0 Å². The molecule has 3 rings (SSSR count). The van der Waals surface area contributed by atoms with E-state index in [-0.39, 0.29) is 10.8 Å². The van der Waals surface area contributed by atoms with Crippen LogP contribution in [0, 0.1) is 6.92 Å². The van der Waals surface area contributed by atoms with Crippen LogP contribution in [0.15, 0.2) is 47.4 Å². The highest BCUT2D eigenvalue weighted by molar-refractivity contribution is 7.89. The number of anilines is 1. The van der Waals surface area contributed by atoms with Crippen LogP contribution in [-0.4, -0.2) is 32.2 Å². The van der Waals surface area contributed by atoms with E-state index < -0.39 is 10.0 Å². The predicted molar refractivity (Wildman–Crippen MR) is 103 cm³/mol. The van der Waals surface area contributed by atoms with Crippen LogP contribution < -0.4 is 4.90 Å². The Balaban J connectivity index is 1.88. The largest absolute Gasteiger partial charge is 0.312 e. The van der Waals surface area contributed by atoms with Gasteiger partial charge in [0.05, 0.1) is 4.90 Å². The Hall–Kier alpha value is -2.18. The SMILES string of the molecule is CC(=O)N1CCCc2cc(S(=O)(=O)N(C)Cc3cccc(C)c3)ccc21. The molecule has 26 heavy (non-hydrogen) atoms. The van der Waals surface area contributed by atoms with Crippen molar-refractivity contribution >= 4 is 21.6 Å². The fourth-order valence-electron chi connectivity index (χ4n) is 3.39. The highest BCUT2D eigenvalue weighted by atomic mass is 32.2. The van der Waals surface area contributed by atoms with E-state index in [1.807, 2.05) is 31.2 Å². The van der Waals surface area contributed by atoms with Gasteiger partial charge in [-0.15, -0.1) is 0 Å². The minimum atomic E-state index is -3.59. The number of fused-ring (bicyclic) bond motifs is 1. The summed E-state index contributed by atoms with van der Waals surface area (Å²) in [5, 5.41) is 0. The van der Waals surface area contributed by atoms with Crippen LogP contribution in [0.3, 0.4) is 0 Å². The number of benzene rings is 2. The van der Waals surface area contributed by atoms with Crippen molar-refractivity contribution in [2.75, 3.05) is 18.5 Å². The lowest BCUT2D eigenvalue weighted by atomic mass is 10.0. The number of amides is 1. The molecule has 1 aliphatic rings. The van der Waals surface area contributed by atoms with Crippen molar-refractivity contribution in [2.24, 2.45) is 0 Å². The van der Waals surface area contributed by atoms with Crippen LogP contribution in [0.1, 0.15) is 30.0 Å². The molecular formula is C20H24N2O3S. The minimum absolute atomic E-state index is 0.0156. The summed E-state index contributed by atoms with van der Waals surface area (Å²) in [7, 11) is -2.00. The molecule has 0 saturated carbocycles. The average molecular weight is 372 g/mol. The van der Waals surface area contributed by atoms with Gasteiger partial charge in [0.15, 0.2) is 0 Å². The molecule has 0 aromatic heterocycles. The molecule has 1 aliphatic heterocycles. The van der Waals surface area contributed by atoms with Crippen LogP contribution in [0.5, 0.6) is 0 Å². The highest BCUT2D eigenvalue weighted by Crippen LogP contribution is 2.30. The lowest BCUT2D eigenvalue weighted by molar-refractivity contribution is -0.116. The molecule has 0 bridgehead atoms. The zero-order valence-corrected chi connectivity index (χ0v) is 16.2. The first-order chi connectivity index (χ1) is 12.3. The summed E-state index contributed by atoms with van der Waals surface area (Å²) in [4.78, 5) is 13.8. The third-order valence-electron chi connectivity index (χ3n) is 4.75. The van der Waals surface area contributed by atoms with E-state index in [1.54, 1.807) is 30.1 Å². The van der Waals surface area contributed by atoms with Crippen molar-refractivity contribution in [3.05, 3.63) is 59.2 Å². The topological polar surface area (TPSA) is 57.7 Å². The maximum Gasteiger partial charge on any atom is 0.243 e. The summed E-state index contributed by atoms with van der Waals surface area (Å²) in [6, 6.07) is 12.9. The van der Waals surface area contributed by atoms with Gasteiger partial charge in [0.1, 0.15) is 0 Å². The molecule has 0 fully saturated rings. The number of rotatable bonds is 4. The molecule has 0 aliphatic carbocycles. The Morgan fingerprint density at radius 1 is 1.19 bits per heavy atom. The zero-order valence-electron chi connectivity index (χ0n) is 15.4. The number of hydrogen-bond donors (Lipinski definition) is 0. The van der Waals surface area contributed by atoms with Crippen LogP contribution in [0.4, 0.5) is 5.69 Å². The smallest absolute Gasteiger partial charge is 0.243 e. The summed E-state index contributed by atoms with van der Waals surface area (Å²) in [5.41, 5.74) is 3.80. The van der Waals surface area contributed by atoms with Crippen molar-refractivity contribution in [3.8, 4) is 0 Å². The maximum absolute atomic E-state index is 13.0. The molecule has 0 atom stereocenters. The van der Waals surface area contributed by atoms with Crippen molar-refractivity contribution < 1.29 is 13.2 Å². The Morgan fingerprint density at radius 3 is 2.65 bits per heavy atom. The van der Waals surface area contributed by atoms with Gasteiger partial charge in [-0.3, -0.25) is 4.79 Å². The van der Waals surface area contributed by atoms with Gasteiger partial charge in [0.25, 0.3) is 0 Å². The molecule has 0 N–H and O–H groups in total. The van der Waals surface area contributed by atoms with Gasteiger partial charge in [-0.2, -0.15) is 4.31 Å². The fraction of sp³-hybridized carbons (Fsp3) is 0.350. The van der Waals surface area contributed by atoms with E-state index in [0.29, 0.717) is 13.1 Å². The molecule has 1 amide bonds. The Labute approximate surface area is 155 Å². The van der Waals surface area contributed by atoms with Gasteiger partial charge < -0.3 is 4.90 Å². The third-order valence-corrected chi connectivity index (χ3v) is 6.54. The monoisotopic (exact) mass is 372 g/mol. The molecule has 138 valence electrons. The summed E-state index contributed by atoms with van der Waals surface area (Å²) in [6.45, 7) is 4.53. The minimum Gasteiger partial charge on any atom is -0.312 e. The fourth-order valence-corrected chi connectivity index (χ4v) is 4.60. The number of aryl methyl sites for hydroxylation is 2. The highest BCUT2D eigenvalue weighted by Gasteiger charge is 2.25. The predicted octanol–water partition coefficient (Wildman–Crippen LogP) is 3.11. The Morgan fingerprint density at radius 2 is 1.96 bits per heavy atom. The number of nitrogens with zero attached hydrogens (tertiary/aromatic N) is 2. The first kappa shape index (κ1) is 18.6. The first-order valence-electron chi connectivity index (χ1n) is 8.72. The molecule has 0 saturated heterocycles. The summed E-state index contributed by atoms with van der Waals surface area (Å²) < 4.78 is 27.3. The summed E-state index contributed by atoms with van der Waals surface area (Å²) in [6.07, 6.45) is 1.62. The van der Waals surface area contributed by atoms with Crippen LogP contribution in [0.25, 0.3) is 0 Å². The number of carbonyl (C=O) groups is 1. The van der Waals surface area contributed by atoms with Crippen LogP contribution in [-0.2, 0) is 27.8 Å².